The largest absolute Gasteiger partial charge is 0.479 e. The van der Waals surface area contributed by atoms with E-state index in [4.69, 9.17) is 14.6 Å². The van der Waals surface area contributed by atoms with Crippen molar-refractivity contribution in [3.05, 3.63) is 58.1 Å². The molecular formula is C16H13ClF3NO6. The number of halogens is 4. The first-order chi connectivity index (χ1) is 12.1. The first-order valence-corrected chi connectivity index (χ1v) is 7.11. The van der Waals surface area contributed by atoms with E-state index >= 15 is 0 Å². The predicted octanol–water partition coefficient (Wildman–Crippen LogP) is 4.68. The number of hydrogen-bond acceptors (Lipinski definition) is 5. The summed E-state index contributed by atoms with van der Waals surface area (Å²) in [5.41, 5.74) is -2.00. The van der Waals surface area contributed by atoms with E-state index in [1.54, 1.807) is 0 Å². The molecule has 1 unspecified atom stereocenters. The highest BCUT2D eigenvalue weighted by Gasteiger charge is 2.33. The fourth-order valence-corrected chi connectivity index (χ4v) is 1.89. The molecular weight excluding hydrogens is 395 g/mol. The Balaban J connectivity index is 0.00000364. The first kappa shape index (κ1) is 22.0. The number of alkyl halides is 3. The molecule has 0 fully saturated rings. The molecule has 0 bridgehead atoms. The highest BCUT2D eigenvalue weighted by atomic mass is 35.5. The molecule has 0 aromatic heterocycles. The molecule has 0 amide bonds. The van der Waals surface area contributed by atoms with Crippen LogP contribution in [0.15, 0.2) is 42.5 Å². The number of rotatable bonds is 6. The molecule has 2 aromatic rings. The predicted molar refractivity (Wildman–Crippen MR) is 89.6 cm³/mol. The van der Waals surface area contributed by atoms with Crippen molar-refractivity contribution in [3.63, 3.8) is 0 Å². The van der Waals surface area contributed by atoms with Crippen LogP contribution < -0.4 is 9.47 Å². The zero-order valence-electron chi connectivity index (χ0n) is 13.6. The van der Waals surface area contributed by atoms with Crippen molar-refractivity contribution in [3.8, 4) is 17.2 Å². The SMILES string of the molecule is CC(Oc1ccc(Oc2ccc(C(F)(F)F)cc2[N+](=O)[O-])cc1)C(=O)O.Cl. The number of carbonyl (C=O) groups is 1. The fraction of sp³-hybridized carbons (Fsp3) is 0.188. The average molecular weight is 408 g/mol. The molecule has 27 heavy (non-hydrogen) atoms. The summed E-state index contributed by atoms with van der Waals surface area (Å²) in [5, 5.41) is 19.8. The van der Waals surface area contributed by atoms with Gasteiger partial charge >= 0.3 is 17.8 Å². The maximum absolute atomic E-state index is 12.7. The number of aliphatic carboxylic acids is 1. The number of benzene rings is 2. The highest BCUT2D eigenvalue weighted by molar-refractivity contribution is 5.85. The van der Waals surface area contributed by atoms with Gasteiger partial charge in [0, 0.05) is 6.07 Å². The van der Waals surface area contributed by atoms with E-state index in [1.165, 1.54) is 31.2 Å². The third-order valence-corrected chi connectivity index (χ3v) is 3.20. The van der Waals surface area contributed by atoms with Crippen LogP contribution in [0.4, 0.5) is 18.9 Å². The van der Waals surface area contributed by atoms with Crippen LogP contribution in [0.2, 0.25) is 0 Å². The standard InChI is InChI=1S/C16H12F3NO6.ClH/c1-9(15(21)22)25-11-3-5-12(6-4-11)26-14-7-2-10(16(17,18)19)8-13(14)20(23)24;/h2-9H,1H3,(H,21,22);1H. The monoisotopic (exact) mass is 407 g/mol. The van der Waals surface area contributed by atoms with Crippen molar-refractivity contribution < 1.29 is 37.5 Å². The molecule has 1 N–H and O–H groups in total. The van der Waals surface area contributed by atoms with Gasteiger partial charge in [-0.05, 0) is 43.3 Å². The number of nitro groups is 1. The van der Waals surface area contributed by atoms with E-state index in [2.05, 4.69) is 0 Å². The van der Waals surface area contributed by atoms with Crippen LogP contribution >= 0.6 is 12.4 Å². The summed E-state index contributed by atoms with van der Waals surface area (Å²) < 4.78 is 48.4. The van der Waals surface area contributed by atoms with Crippen molar-refractivity contribution in [1.29, 1.82) is 0 Å². The van der Waals surface area contributed by atoms with Crippen LogP contribution in [-0.2, 0) is 11.0 Å². The summed E-state index contributed by atoms with van der Waals surface area (Å²) in [6, 6.07) is 7.33. The first-order valence-electron chi connectivity index (χ1n) is 7.11. The molecule has 0 aliphatic carbocycles. The van der Waals surface area contributed by atoms with Gasteiger partial charge in [-0.25, -0.2) is 4.79 Å². The van der Waals surface area contributed by atoms with Crippen LogP contribution in [-0.4, -0.2) is 22.1 Å². The summed E-state index contributed by atoms with van der Waals surface area (Å²) in [6.45, 7) is 1.33. The van der Waals surface area contributed by atoms with Crippen LogP contribution in [0.5, 0.6) is 17.2 Å². The Morgan fingerprint density at radius 2 is 1.70 bits per heavy atom. The van der Waals surface area contributed by atoms with Crippen LogP contribution in [0.25, 0.3) is 0 Å². The van der Waals surface area contributed by atoms with Crippen LogP contribution in [0.1, 0.15) is 12.5 Å². The lowest BCUT2D eigenvalue weighted by atomic mass is 10.2. The van der Waals surface area contributed by atoms with Gasteiger partial charge in [-0.2, -0.15) is 13.2 Å². The molecule has 7 nitrogen and oxygen atoms in total. The van der Waals surface area contributed by atoms with Crippen LogP contribution in [0, 0.1) is 10.1 Å². The summed E-state index contributed by atoms with van der Waals surface area (Å²) in [5.74, 6) is -1.21. The minimum Gasteiger partial charge on any atom is -0.479 e. The van der Waals surface area contributed by atoms with Gasteiger partial charge in [-0.1, -0.05) is 0 Å². The normalized spacial score (nSPS) is 11.9. The molecule has 0 aliphatic heterocycles. The van der Waals surface area contributed by atoms with E-state index in [-0.39, 0.29) is 29.7 Å². The van der Waals surface area contributed by atoms with Crippen LogP contribution in [0.3, 0.4) is 0 Å². The molecule has 0 radical (unpaired) electrons. The zero-order chi connectivity index (χ0) is 19.5. The summed E-state index contributed by atoms with van der Waals surface area (Å²) >= 11 is 0. The van der Waals surface area contributed by atoms with Gasteiger partial charge in [-0.3, -0.25) is 10.1 Å². The summed E-state index contributed by atoms with van der Waals surface area (Å²) in [4.78, 5) is 20.8. The van der Waals surface area contributed by atoms with E-state index in [0.717, 1.165) is 6.07 Å². The third kappa shape index (κ3) is 5.74. The minimum atomic E-state index is -4.72. The zero-order valence-corrected chi connectivity index (χ0v) is 14.4. The van der Waals surface area contributed by atoms with E-state index in [9.17, 15) is 28.1 Å². The second-order valence-electron chi connectivity index (χ2n) is 5.11. The van der Waals surface area contributed by atoms with Crippen molar-refractivity contribution >= 4 is 24.1 Å². The second kappa shape index (κ2) is 8.58. The maximum atomic E-state index is 12.7. The average Bonchev–Trinajstić information content (AvgIpc) is 2.55. The number of hydrogen-bond donors (Lipinski definition) is 1. The van der Waals surface area contributed by atoms with E-state index in [0.29, 0.717) is 12.1 Å². The Morgan fingerprint density at radius 1 is 1.15 bits per heavy atom. The van der Waals surface area contributed by atoms with Gasteiger partial charge in [0.05, 0.1) is 10.5 Å². The van der Waals surface area contributed by atoms with E-state index < -0.39 is 34.4 Å². The Bertz CT molecular complexity index is 826. The molecule has 2 aromatic carbocycles. The molecule has 0 spiro atoms. The van der Waals surface area contributed by atoms with E-state index in [1.807, 2.05) is 0 Å². The van der Waals surface area contributed by atoms with Crippen molar-refractivity contribution in [2.45, 2.75) is 19.2 Å². The lowest BCUT2D eigenvalue weighted by Gasteiger charge is -2.12. The lowest BCUT2D eigenvalue weighted by molar-refractivity contribution is -0.385. The molecule has 0 saturated carbocycles. The maximum Gasteiger partial charge on any atom is 0.416 e. The lowest BCUT2D eigenvalue weighted by Crippen LogP contribution is -2.22. The number of nitro benzene ring substituents is 1. The third-order valence-electron chi connectivity index (χ3n) is 3.20. The smallest absolute Gasteiger partial charge is 0.416 e. The molecule has 11 heteroatoms. The molecule has 2 rings (SSSR count). The Kier molecular flexibility index (Phi) is 7.00. The molecule has 0 saturated heterocycles. The van der Waals surface area contributed by atoms with Gasteiger partial charge in [0.25, 0.3) is 0 Å². The molecule has 146 valence electrons. The Morgan fingerprint density at radius 3 is 2.19 bits per heavy atom. The number of ether oxygens (including phenoxy) is 2. The number of carboxylic acids is 1. The molecule has 0 heterocycles. The van der Waals surface area contributed by atoms with Gasteiger partial charge in [0.15, 0.2) is 6.10 Å². The Hall–Kier alpha value is -3.01. The highest BCUT2D eigenvalue weighted by Crippen LogP contribution is 2.38. The van der Waals surface area contributed by atoms with Gasteiger partial charge in [-0.15, -0.1) is 12.4 Å². The number of carboxylic acid groups (broad SMARTS) is 1. The summed E-state index contributed by atoms with van der Waals surface area (Å²) in [7, 11) is 0. The minimum absolute atomic E-state index is 0. The molecule has 0 aliphatic rings. The second-order valence-corrected chi connectivity index (χ2v) is 5.11. The number of nitrogens with zero attached hydrogens (tertiary/aromatic N) is 1. The van der Waals surface area contributed by atoms with Crippen molar-refractivity contribution in [2.24, 2.45) is 0 Å². The van der Waals surface area contributed by atoms with Crippen molar-refractivity contribution in [2.75, 3.05) is 0 Å². The topological polar surface area (TPSA) is 98.9 Å². The fourth-order valence-electron chi connectivity index (χ4n) is 1.89. The quantitative estimate of drug-likeness (QED) is 0.551. The van der Waals surface area contributed by atoms with Gasteiger partial charge in [0.2, 0.25) is 5.75 Å². The summed E-state index contributed by atoms with van der Waals surface area (Å²) in [6.07, 6.45) is -5.80. The van der Waals surface area contributed by atoms with Crippen molar-refractivity contribution in [1.82, 2.24) is 0 Å². The molecule has 1 atom stereocenters. The van der Waals surface area contributed by atoms with Gasteiger partial charge in [0.1, 0.15) is 11.5 Å². The Labute approximate surface area is 156 Å². The van der Waals surface area contributed by atoms with Gasteiger partial charge < -0.3 is 14.6 Å².